The summed E-state index contributed by atoms with van der Waals surface area (Å²) in [6.45, 7) is 1.32. The molecule has 3 rings (SSSR count). The molecule has 2 aromatic heterocycles. The lowest BCUT2D eigenvalue weighted by atomic mass is 10.2. The van der Waals surface area contributed by atoms with Gasteiger partial charge >= 0.3 is 0 Å². The van der Waals surface area contributed by atoms with E-state index in [-0.39, 0.29) is 22.4 Å². The Bertz CT molecular complexity index is 926. The molecule has 23 heavy (non-hydrogen) atoms. The van der Waals surface area contributed by atoms with Gasteiger partial charge in [0.05, 0.1) is 21.8 Å². The minimum atomic E-state index is -0.337. The molecule has 3 aromatic rings. The second-order valence-electron chi connectivity index (χ2n) is 4.45. The van der Waals surface area contributed by atoms with Gasteiger partial charge < -0.3 is 10.4 Å². The Hall–Kier alpha value is -2.65. The van der Waals surface area contributed by atoms with Crippen LogP contribution in [0.3, 0.4) is 0 Å². The monoisotopic (exact) mass is 348 g/mol. The average molecular weight is 349 g/mol. The first kappa shape index (κ1) is 15.3. The number of amides is 1. The normalized spacial score (nSPS) is 11.2. The highest BCUT2D eigenvalue weighted by molar-refractivity contribution is 7.11. The standard InChI is InChI=1S/C13H9ClN6O2S/c1-6(21)17-10-3-7(2-9(14)11(10)22)18-19-13-8-4-15-5-16-12(8)20-23-13/h2-5,22H,1H3,(H,17,21). The fourth-order valence-corrected chi connectivity index (χ4v) is 2.64. The minimum Gasteiger partial charge on any atom is -0.504 e. The molecule has 0 radical (unpaired) electrons. The SMILES string of the molecule is CC(=O)Nc1cc(N=Nc2snc3ncncc23)cc(Cl)c1O. The van der Waals surface area contributed by atoms with Crippen molar-refractivity contribution in [3.8, 4) is 5.75 Å². The number of hydrogen-bond donors (Lipinski definition) is 2. The zero-order chi connectivity index (χ0) is 16.4. The molecule has 2 N–H and O–H groups in total. The molecule has 0 saturated carbocycles. The van der Waals surface area contributed by atoms with E-state index < -0.39 is 0 Å². The first-order chi connectivity index (χ1) is 11.0. The highest BCUT2D eigenvalue weighted by Crippen LogP contribution is 2.37. The van der Waals surface area contributed by atoms with Gasteiger partial charge in [-0.2, -0.15) is 4.37 Å². The van der Waals surface area contributed by atoms with E-state index in [2.05, 4.69) is 29.9 Å². The smallest absolute Gasteiger partial charge is 0.221 e. The van der Waals surface area contributed by atoms with Gasteiger partial charge in [0.1, 0.15) is 6.33 Å². The van der Waals surface area contributed by atoms with Gasteiger partial charge in [0, 0.05) is 13.1 Å². The molecule has 8 nitrogen and oxygen atoms in total. The zero-order valence-corrected chi connectivity index (χ0v) is 13.3. The predicted molar refractivity (Wildman–Crippen MR) is 86.8 cm³/mol. The zero-order valence-electron chi connectivity index (χ0n) is 11.7. The summed E-state index contributed by atoms with van der Waals surface area (Å²) in [6, 6.07) is 2.90. The maximum Gasteiger partial charge on any atom is 0.221 e. The van der Waals surface area contributed by atoms with Crippen LogP contribution in [0.15, 0.2) is 34.9 Å². The summed E-state index contributed by atoms with van der Waals surface area (Å²) in [5, 5.41) is 21.8. The number of phenolic OH excluding ortho intramolecular Hbond substituents is 1. The summed E-state index contributed by atoms with van der Waals surface area (Å²) in [5.74, 6) is -0.562. The molecule has 1 aromatic carbocycles. The van der Waals surface area contributed by atoms with Gasteiger partial charge in [-0.1, -0.05) is 11.6 Å². The Morgan fingerprint density at radius 2 is 2.22 bits per heavy atom. The number of nitrogens with zero attached hydrogens (tertiary/aromatic N) is 5. The van der Waals surface area contributed by atoms with Gasteiger partial charge in [0.15, 0.2) is 16.4 Å². The summed E-state index contributed by atoms with van der Waals surface area (Å²) in [4.78, 5) is 19.1. The van der Waals surface area contributed by atoms with Crippen LogP contribution in [0.25, 0.3) is 11.0 Å². The van der Waals surface area contributed by atoms with Gasteiger partial charge in [-0.3, -0.25) is 4.79 Å². The summed E-state index contributed by atoms with van der Waals surface area (Å²) in [5.41, 5.74) is 1.08. The Morgan fingerprint density at radius 3 is 3.00 bits per heavy atom. The third-order valence-corrected chi connectivity index (χ3v) is 3.78. The number of benzene rings is 1. The number of azo groups is 1. The van der Waals surface area contributed by atoms with Gasteiger partial charge in [-0.25, -0.2) is 9.97 Å². The molecule has 0 aliphatic carbocycles. The number of carbonyl (C=O) groups excluding carboxylic acids is 1. The lowest BCUT2D eigenvalue weighted by Crippen LogP contribution is -2.05. The molecule has 0 aliphatic heterocycles. The Labute approximate surface area is 139 Å². The molecule has 0 fully saturated rings. The van der Waals surface area contributed by atoms with Crippen LogP contribution in [0.5, 0.6) is 5.75 Å². The number of carbonyl (C=O) groups is 1. The van der Waals surface area contributed by atoms with Gasteiger partial charge in [-0.05, 0) is 23.7 Å². The maximum atomic E-state index is 11.1. The van der Waals surface area contributed by atoms with E-state index in [1.54, 1.807) is 6.20 Å². The van der Waals surface area contributed by atoms with Crippen molar-refractivity contribution in [1.29, 1.82) is 0 Å². The van der Waals surface area contributed by atoms with Gasteiger partial charge in [0.25, 0.3) is 0 Å². The van der Waals surface area contributed by atoms with E-state index in [1.165, 1.54) is 25.4 Å². The first-order valence-corrected chi connectivity index (χ1v) is 7.47. The lowest BCUT2D eigenvalue weighted by Gasteiger charge is -2.07. The minimum absolute atomic E-state index is 0.0581. The van der Waals surface area contributed by atoms with Crippen LogP contribution in [-0.2, 0) is 4.79 Å². The van der Waals surface area contributed by atoms with Crippen LogP contribution in [0, 0.1) is 0 Å². The number of halogens is 1. The molecular weight excluding hydrogens is 340 g/mol. The largest absolute Gasteiger partial charge is 0.504 e. The summed E-state index contributed by atoms with van der Waals surface area (Å²) in [6.07, 6.45) is 3.01. The van der Waals surface area contributed by atoms with E-state index in [9.17, 15) is 9.90 Å². The third kappa shape index (κ3) is 3.25. The number of phenols is 1. The molecule has 0 unspecified atom stereocenters. The number of aromatic hydroxyl groups is 1. The van der Waals surface area contributed by atoms with Crippen LogP contribution in [-0.4, -0.2) is 25.4 Å². The average Bonchev–Trinajstić information content (AvgIpc) is 2.93. The number of fused-ring (bicyclic) bond motifs is 1. The van der Waals surface area contributed by atoms with E-state index in [0.29, 0.717) is 21.7 Å². The predicted octanol–water partition coefficient (Wildman–Crippen LogP) is 3.82. The summed E-state index contributed by atoms with van der Waals surface area (Å²) in [7, 11) is 0. The van der Waals surface area contributed by atoms with Crippen molar-refractivity contribution in [2.45, 2.75) is 6.92 Å². The second-order valence-corrected chi connectivity index (χ2v) is 5.61. The number of nitrogens with one attached hydrogen (secondary N) is 1. The summed E-state index contributed by atoms with van der Waals surface area (Å²) < 4.78 is 4.13. The number of aromatic nitrogens is 3. The van der Waals surface area contributed by atoms with Crippen LogP contribution in [0.2, 0.25) is 5.02 Å². The number of hydrogen-bond acceptors (Lipinski definition) is 8. The Kier molecular flexibility index (Phi) is 4.13. The van der Waals surface area contributed by atoms with Crippen molar-refractivity contribution in [2.75, 3.05) is 5.32 Å². The third-order valence-electron chi connectivity index (χ3n) is 2.76. The van der Waals surface area contributed by atoms with Crippen molar-refractivity contribution in [3.05, 3.63) is 29.7 Å². The Morgan fingerprint density at radius 1 is 1.39 bits per heavy atom. The van der Waals surface area contributed by atoms with Crippen LogP contribution < -0.4 is 5.32 Å². The van der Waals surface area contributed by atoms with Gasteiger partial charge in [-0.15, -0.1) is 10.2 Å². The molecule has 0 bridgehead atoms. The fourth-order valence-electron chi connectivity index (χ4n) is 1.79. The van der Waals surface area contributed by atoms with Gasteiger partial charge in [0.2, 0.25) is 5.91 Å². The highest BCUT2D eigenvalue weighted by atomic mass is 35.5. The number of rotatable bonds is 3. The van der Waals surface area contributed by atoms with Crippen molar-refractivity contribution in [2.24, 2.45) is 10.2 Å². The van der Waals surface area contributed by atoms with Crippen LogP contribution >= 0.6 is 23.1 Å². The molecule has 0 spiro atoms. The maximum absolute atomic E-state index is 11.1. The molecule has 0 saturated heterocycles. The number of anilines is 1. The Balaban J connectivity index is 1.96. The van der Waals surface area contributed by atoms with E-state index >= 15 is 0 Å². The molecule has 2 heterocycles. The fraction of sp³-hybridized carbons (Fsp3) is 0.0769. The molecule has 116 valence electrons. The lowest BCUT2D eigenvalue weighted by molar-refractivity contribution is -0.114. The van der Waals surface area contributed by atoms with Crippen molar-refractivity contribution in [3.63, 3.8) is 0 Å². The molecular formula is C13H9ClN6O2S. The van der Waals surface area contributed by atoms with Crippen molar-refractivity contribution < 1.29 is 9.90 Å². The second kappa shape index (κ2) is 6.23. The quantitative estimate of drug-likeness (QED) is 0.551. The summed E-state index contributed by atoms with van der Waals surface area (Å²) >= 11 is 7.06. The first-order valence-electron chi connectivity index (χ1n) is 6.32. The molecule has 10 heteroatoms. The van der Waals surface area contributed by atoms with Crippen LogP contribution in [0.1, 0.15) is 6.92 Å². The molecule has 0 aliphatic rings. The van der Waals surface area contributed by atoms with Crippen molar-refractivity contribution in [1.82, 2.24) is 14.3 Å². The van der Waals surface area contributed by atoms with Crippen molar-refractivity contribution >= 4 is 56.4 Å². The van der Waals surface area contributed by atoms with E-state index in [1.807, 2.05) is 0 Å². The molecule has 0 atom stereocenters. The van der Waals surface area contributed by atoms with E-state index in [4.69, 9.17) is 11.6 Å². The molecule has 1 amide bonds. The topological polar surface area (TPSA) is 113 Å². The highest BCUT2D eigenvalue weighted by Gasteiger charge is 2.10. The van der Waals surface area contributed by atoms with E-state index in [0.717, 1.165) is 11.5 Å². The van der Waals surface area contributed by atoms with Crippen LogP contribution in [0.4, 0.5) is 16.4 Å².